The van der Waals surface area contributed by atoms with Crippen molar-refractivity contribution < 1.29 is 9.21 Å². The molecular formula is C22H31Cl2N3O2. The van der Waals surface area contributed by atoms with Crippen molar-refractivity contribution in [3.63, 3.8) is 0 Å². The molecule has 4 rings (SSSR count). The predicted octanol–water partition coefficient (Wildman–Crippen LogP) is 4.15. The molecule has 29 heavy (non-hydrogen) atoms. The summed E-state index contributed by atoms with van der Waals surface area (Å²) in [6, 6.07) is 10.8. The zero-order valence-electron chi connectivity index (χ0n) is 17.1. The van der Waals surface area contributed by atoms with E-state index < -0.39 is 0 Å². The number of likely N-dealkylation sites (tertiary alicyclic amines) is 1. The fraction of sp³-hybridized carbons (Fsp3) is 0.500. The van der Waals surface area contributed by atoms with Crippen molar-refractivity contribution in [2.45, 2.75) is 38.8 Å². The molecule has 1 fully saturated rings. The van der Waals surface area contributed by atoms with Gasteiger partial charge in [-0.15, -0.1) is 24.8 Å². The van der Waals surface area contributed by atoms with Crippen molar-refractivity contribution >= 4 is 36.4 Å². The molecule has 0 spiro atoms. The number of rotatable bonds is 5. The summed E-state index contributed by atoms with van der Waals surface area (Å²) >= 11 is 0. The van der Waals surface area contributed by atoms with Crippen LogP contribution in [0.1, 0.15) is 41.4 Å². The first-order chi connectivity index (χ1) is 13.2. The first-order valence-corrected chi connectivity index (χ1v) is 10.0. The van der Waals surface area contributed by atoms with Crippen LogP contribution in [0.2, 0.25) is 0 Å². The molecule has 2 aliphatic rings. The van der Waals surface area contributed by atoms with Gasteiger partial charge >= 0.3 is 0 Å². The highest BCUT2D eigenvalue weighted by atomic mass is 35.5. The number of hydrogen-bond donors (Lipinski definition) is 1. The Morgan fingerprint density at radius 1 is 1.17 bits per heavy atom. The number of para-hydroxylation sites is 1. The Morgan fingerprint density at radius 2 is 1.90 bits per heavy atom. The summed E-state index contributed by atoms with van der Waals surface area (Å²) in [6.45, 7) is 5.57. The molecule has 1 unspecified atom stereocenters. The molecule has 2 aliphatic heterocycles. The summed E-state index contributed by atoms with van der Waals surface area (Å²) in [4.78, 5) is 17.4. The third-order valence-electron chi connectivity index (χ3n) is 6.03. The number of hydrogen-bond acceptors (Lipinski definition) is 4. The number of carbonyl (C=O) groups is 1. The smallest absolute Gasteiger partial charge is 0.257 e. The van der Waals surface area contributed by atoms with Gasteiger partial charge in [-0.05, 0) is 63.4 Å². The van der Waals surface area contributed by atoms with Gasteiger partial charge in [-0.2, -0.15) is 0 Å². The highest BCUT2D eigenvalue weighted by molar-refractivity contribution is 5.95. The van der Waals surface area contributed by atoms with E-state index in [1.165, 1.54) is 11.3 Å². The third-order valence-corrected chi connectivity index (χ3v) is 6.03. The molecule has 1 aromatic heterocycles. The van der Waals surface area contributed by atoms with Crippen molar-refractivity contribution in [2.24, 2.45) is 5.92 Å². The van der Waals surface area contributed by atoms with Gasteiger partial charge in [0, 0.05) is 24.8 Å². The largest absolute Gasteiger partial charge is 0.467 e. The Morgan fingerprint density at radius 3 is 2.62 bits per heavy atom. The third kappa shape index (κ3) is 4.90. The van der Waals surface area contributed by atoms with Crippen LogP contribution in [0.4, 0.5) is 5.69 Å². The van der Waals surface area contributed by atoms with Crippen LogP contribution in [0.15, 0.2) is 41.0 Å². The summed E-state index contributed by atoms with van der Waals surface area (Å²) in [5.41, 5.74) is 3.35. The van der Waals surface area contributed by atoms with Crippen LogP contribution >= 0.6 is 24.8 Å². The maximum atomic E-state index is 13.1. The van der Waals surface area contributed by atoms with Gasteiger partial charge < -0.3 is 19.5 Å². The first kappa shape index (κ1) is 23.6. The van der Waals surface area contributed by atoms with E-state index in [9.17, 15) is 4.79 Å². The normalized spacial score (nSPS) is 18.8. The molecular weight excluding hydrogens is 409 g/mol. The van der Waals surface area contributed by atoms with Crippen LogP contribution in [0, 0.1) is 5.92 Å². The molecule has 0 bridgehead atoms. The SMILES string of the molecule is CNCC1CCN(C(=O)c2ccoc2CN2c3ccccc3CC2C)CC1.Cl.Cl. The Bertz CT molecular complexity index is 803. The van der Waals surface area contributed by atoms with E-state index in [-0.39, 0.29) is 30.7 Å². The Balaban J connectivity index is 0.00000150. The number of nitrogens with zero attached hydrogens (tertiary/aromatic N) is 2. The molecule has 0 radical (unpaired) electrons. The molecule has 0 saturated carbocycles. The standard InChI is InChI=1S/C22H29N3O2.2ClH/c1-16-13-18-5-3-4-6-20(18)25(16)15-21-19(9-12-27-21)22(26)24-10-7-17(8-11-24)14-23-2;;/h3-6,9,12,16-17,23H,7-8,10-11,13-15H2,1-2H3;2*1H. The quantitative estimate of drug-likeness (QED) is 0.759. The highest BCUT2D eigenvalue weighted by Gasteiger charge is 2.30. The van der Waals surface area contributed by atoms with Gasteiger partial charge in [-0.3, -0.25) is 4.79 Å². The van der Waals surface area contributed by atoms with Gasteiger partial charge in [0.1, 0.15) is 5.76 Å². The number of nitrogens with one attached hydrogen (secondary N) is 1. The fourth-order valence-electron chi connectivity index (χ4n) is 4.48. The van der Waals surface area contributed by atoms with E-state index in [4.69, 9.17) is 4.42 Å². The van der Waals surface area contributed by atoms with Crippen LogP contribution in [0.5, 0.6) is 0 Å². The van der Waals surface area contributed by atoms with Crippen LogP contribution in [-0.4, -0.2) is 43.5 Å². The van der Waals surface area contributed by atoms with Gasteiger partial charge in [0.15, 0.2) is 0 Å². The predicted molar refractivity (Wildman–Crippen MR) is 122 cm³/mol. The summed E-state index contributed by atoms with van der Waals surface area (Å²) in [5, 5.41) is 3.25. The summed E-state index contributed by atoms with van der Waals surface area (Å²) in [6.07, 6.45) is 4.83. The number of carbonyl (C=O) groups excluding carboxylic acids is 1. The van der Waals surface area contributed by atoms with E-state index in [0.29, 0.717) is 18.5 Å². The number of amides is 1. The van der Waals surface area contributed by atoms with Crippen molar-refractivity contribution in [2.75, 3.05) is 31.6 Å². The van der Waals surface area contributed by atoms with Crippen LogP contribution in [-0.2, 0) is 13.0 Å². The van der Waals surface area contributed by atoms with E-state index in [2.05, 4.69) is 41.4 Å². The lowest BCUT2D eigenvalue weighted by molar-refractivity contribution is 0.0688. The molecule has 160 valence electrons. The van der Waals surface area contributed by atoms with E-state index in [1.807, 2.05) is 18.0 Å². The number of piperidine rings is 1. The maximum Gasteiger partial charge on any atom is 0.257 e. The minimum atomic E-state index is 0. The average Bonchev–Trinajstić information content (AvgIpc) is 3.27. The lowest BCUT2D eigenvalue weighted by Crippen LogP contribution is -2.40. The Hall–Kier alpha value is -1.69. The van der Waals surface area contributed by atoms with Gasteiger partial charge in [0.2, 0.25) is 0 Å². The molecule has 0 aliphatic carbocycles. The highest BCUT2D eigenvalue weighted by Crippen LogP contribution is 2.34. The second-order valence-corrected chi connectivity index (χ2v) is 7.86. The molecule has 3 heterocycles. The minimum absolute atomic E-state index is 0. The van der Waals surface area contributed by atoms with E-state index in [0.717, 1.165) is 50.2 Å². The maximum absolute atomic E-state index is 13.1. The Labute approximate surface area is 185 Å². The Kier molecular flexibility index (Phi) is 8.44. The molecule has 5 nitrogen and oxygen atoms in total. The van der Waals surface area contributed by atoms with Crippen molar-refractivity contribution in [1.82, 2.24) is 10.2 Å². The van der Waals surface area contributed by atoms with Crippen LogP contribution in [0.3, 0.4) is 0 Å². The summed E-state index contributed by atoms with van der Waals surface area (Å²) < 4.78 is 5.76. The number of benzene rings is 1. The number of fused-ring (bicyclic) bond motifs is 1. The van der Waals surface area contributed by atoms with Gasteiger partial charge in [-0.1, -0.05) is 18.2 Å². The van der Waals surface area contributed by atoms with E-state index >= 15 is 0 Å². The summed E-state index contributed by atoms with van der Waals surface area (Å²) in [5.74, 6) is 1.56. The molecule has 1 atom stereocenters. The molecule has 1 saturated heterocycles. The number of furan rings is 1. The molecule has 2 aromatic rings. The van der Waals surface area contributed by atoms with Crippen LogP contribution < -0.4 is 10.2 Å². The van der Waals surface area contributed by atoms with Crippen LogP contribution in [0.25, 0.3) is 0 Å². The zero-order valence-corrected chi connectivity index (χ0v) is 18.7. The molecule has 1 N–H and O–H groups in total. The average molecular weight is 440 g/mol. The first-order valence-electron chi connectivity index (χ1n) is 10.0. The second kappa shape index (κ2) is 10.4. The lowest BCUT2D eigenvalue weighted by Gasteiger charge is -2.32. The molecule has 7 heteroatoms. The van der Waals surface area contributed by atoms with Gasteiger partial charge in [0.25, 0.3) is 5.91 Å². The van der Waals surface area contributed by atoms with Crippen molar-refractivity contribution in [3.8, 4) is 0 Å². The number of halogens is 2. The van der Waals surface area contributed by atoms with Crippen molar-refractivity contribution in [3.05, 3.63) is 53.5 Å². The fourth-order valence-corrected chi connectivity index (χ4v) is 4.48. The molecule has 1 aromatic carbocycles. The van der Waals surface area contributed by atoms with Crippen molar-refractivity contribution in [1.29, 1.82) is 0 Å². The van der Waals surface area contributed by atoms with E-state index in [1.54, 1.807) is 6.26 Å². The number of anilines is 1. The van der Waals surface area contributed by atoms with Gasteiger partial charge in [0.05, 0.1) is 18.4 Å². The zero-order chi connectivity index (χ0) is 18.8. The molecule has 1 amide bonds. The topological polar surface area (TPSA) is 48.7 Å². The minimum Gasteiger partial charge on any atom is -0.467 e. The monoisotopic (exact) mass is 439 g/mol. The van der Waals surface area contributed by atoms with Gasteiger partial charge in [-0.25, -0.2) is 0 Å². The summed E-state index contributed by atoms with van der Waals surface area (Å²) in [7, 11) is 1.99. The lowest BCUT2D eigenvalue weighted by atomic mass is 9.96. The second-order valence-electron chi connectivity index (χ2n) is 7.86.